The Kier molecular flexibility index (Phi) is 5.61. The molecule has 1 aliphatic rings. The van der Waals surface area contributed by atoms with Gasteiger partial charge in [0, 0.05) is 44.5 Å². The van der Waals surface area contributed by atoms with Crippen LogP contribution in [0.3, 0.4) is 0 Å². The number of aromatic nitrogens is 2. The van der Waals surface area contributed by atoms with Crippen LogP contribution in [0, 0.1) is 0 Å². The van der Waals surface area contributed by atoms with Gasteiger partial charge in [-0.25, -0.2) is 0 Å². The lowest BCUT2D eigenvalue weighted by Crippen LogP contribution is -2.35. The van der Waals surface area contributed by atoms with Crippen LogP contribution in [0.2, 0.25) is 0 Å². The first-order valence-electron chi connectivity index (χ1n) is 8.01. The van der Waals surface area contributed by atoms with E-state index in [1.807, 2.05) is 11.7 Å². The zero-order valence-corrected chi connectivity index (χ0v) is 13.5. The van der Waals surface area contributed by atoms with Crippen molar-refractivity contribution in [3.05, 3.63) is 17.5 Å². The second kappa shape index (κ2) is 7.23. The van der Waals surface area contributed by atoms with Gasteiger partial charge in [0.1, 0.15) is 0 Å². The maximum Gasteiger partial charge on any atom is 0.0694 e. The van der Waals surface area contributed by atoms with Crippen LogP contribution in [0.5, 0.6) is 0 Å². The van der Waals surface area contributed by atoms with E-state index >= 15 is 0 Å². The Morgan fingerprint density at radius 1 is 1.40 bits per heavy atom. The van der Waals surface area contributed by atoms with Crippen LogP contribution in [0.15, 0.2) is 6.20 Å². The fraction of sp³-hybridized carbons (Fsp3) is 0.812. The Morgan fingerprint density at radius 3 is 2.75 bits per heavy atom. The van der Waals surface area contributed by atoms with Gasteiger partial charge in [0.15, 0.2) is 0 Å². The topological polar surface area (TPSA) is 33.1 Å². The number of aryl methyl sites for hydroxylation is 1. The third-order valence-corrected chi connectivity index (χ3v) is 4.39. The Balaban J connectivity index is 1.73. The van der Waals surface area contributed by atoms with Crippen molar-refractivity contribution in [1.82, 2.24) is 20.0 Å². The molecule has 1 fully saturated rings. The molecule has 1 aliphatic carbocycles. The van der Waals surface area contributed by atoms with Crippen LogP contribution in [-0.2, 0) is 13.6 Å². The molecule has 1 saturated carbocycles. The van der Waals surface area contributed by atoms with Crippen molar-refractivity contribution in [3.8, 4) is 0 Å². The van der Waals surface area contributed by atoms with Gasteiger partial charge in [-0.15, -0.1) is 0 Å². The molecule has 20 heavy (non-hydrogen) atoms. The van der Waals surface area contributed by atoms with E-state index in [0.29, 0.717) is 5.92 Å². The molecule has 0 aromatic carbocycles. The second-order valence-corrected chi connectivity index (χ2v) is 6.46. The maximum absolute atomic E-state index is 4.55. The van der Waals surface area contributed by atoms with Gasteiger partial charge in [-0.05, 0) is 25.8 Å². The van der Waals surface area contributed by atoms with Crippen LogP contribution in [0.25, 0.3) is 0 Å². The van der Waals surface area contributed by atoms with Crippen molar-refractivity contribution in [1.29, 1.82) is 0 Å². The molecule has 4 nitrogen and oxygen atoms in total. The van der Waals surface area contributed by atoms with Crippen LogP contribution in [0.4, 0.5) is 0 Å². The lowest BCUT2D eigenvalue weighted by Gasteiger charge is -2.24. The predicted octanol–water partition coefficient (Wildman–Crippen LogP) is 2.51. The van der Waals surface area contributed by atoms with E-state index < -0.39 is 0 Å². The van der Waals surface area contributed by atoms with E-state index in [1.54, 1.807) is 0 Å². The summed E-state index contributed by atoms with van der Waals surface area (Å²) < 4.78 is 1.93. The normalized spacial score (nSPS) is 16.7. The average Bonchev–Trinajstić information content (AvgIpc) is 3.03. The fourth-order valence-corrected chi connectivity index (χ4v) is 3.18. The standard InChI is InChI=1S/C16H30N4/c1-13(2)16-14(12-20(4)18-16)11-17-9-10-19(3)15-7-5-6-8-15/h12-13,15,17H,5-11H2,1-4H3. The van der Waals surface area contributed by atoms with E-state index in [1.165, 1.54) is 36.9 Å². The van der Waals surface area contributed by atoms with Crippen molar-refractivity contribution < 1.29 is 0 Å². The quantitative estimate of drug-likeness (QED) is 0.778. The first kappa shape index (κ1) is 15.5. The Hall–Kier alpha value is -0.870. The van der Waals surface area contributed by atoms with Crippen molar-refractivity contribution >= 4 is 0 Å². The highest BCUT2D eigenvalue weighted by atomic mass is 15.3. The zero-order chi connectivity index (χ0) is 14.5. The molecule has 0 saturated heterocycles. The molecule has 114 valence electrons. The molecule has 2 rings (SSSR count). The summed E-state index contributed by atoms with van der Waals surface area (Å²) in [6.07, 6.45) is 7.74. The van der Waals surface area contributed by atoms with E-state index in [9.17, 15) is 0 Å². The molecule has 1 heterocycles. The summed E-state index contributed by atoms with van der Waals surface area (Å²) in [6, 6.07) is 0.821. The minimum absolute atomic E-state index is 0.495. The first-order valence-corrected chi connectivity index (χ1v) is 8.01. The minimum Gasteiger partial charge on any atom is -0.311 e. The largest absolute Gasteiger partial charge is 0.311 e. The third kappa shape index (κ3) is 4.06. The van der Waals surface area contributed by atoms with Crippen molar-refractivity contribution in [3.63, 3.8) is 0 Å². The molecule has 1 aromatic heterocycles. The molecule has 0 radical (unpaired) electrons. The second-order valence-electron chi connectivity index (χ2n) is 6.46. The summed E-state index contributed by atoms with van der Waals surface area (Å²) in [6.45, 7) is 7.54. The van der Waals surface area contributed by atoms with Crippen LogP contribution in [0.1, 0.15) is 56.7 Å². The highest BCUT2D eigenvalue weighted by molar-refractivity contribution is 5.19. The third-order valence-electron chi connectivity index (χ3n) is 4.39. The highest BCUT2D eigenvalue weighted by Crippen LogP contribution is 2.22. The summed E-state index contributed by atoms with van der Waals surface area (Å²) in [5.74, 6) is 0.495. The molecule has 0 atom stereocenters. The molecule has 4 heteroatoms. The van der Waals surface area contributed by atoms with Gasteiger partial charge in [-0.1, -0.05) is 26.7 Å². The molecule has 0 amide bonds. The number of rotatable bonds is 7. The monoisotopic (exact) mass is 278 g/mol. The summed E-state index contributed by atoms with van der Waals surface area (Å²) in [4.78, 5) is 2.52. The fourth-order valence-electron chi connectivity index (χ4n) is 3.18. The molecule has 1 N–H and O–H groups in total. The van der Waals surface area contributed by atoms with Crippen LogP contribution < -0.4 is 5.32 Å². The molecular formula is C16H30N4. The van der Waals surface area contributed by atoms with Crippen LogP contribution in [-0.4, -0.2) is 40.9 Å². The average molecular weight is 278 g/mol. The van der Waals surface area contributed by atoms with Gasteiger partial charge in [-0.3, -0.25) is 4.68 Å². The molecule has 1 aromatic rings. The summed E-state index contributed by atoms with van der Waals surface area (Å²) >= 11 is 0. The zero-order valence-electron chi connectivity index (χ0n) is 13.5. The molecule has 0 aliphatic heterocycles. The smallest absolute Gasteiger partial charge is 0.0694 e. The summed E-state index contributed by atoms with van der Waals surface area (Å²) in [5, 5.41) is 8.12. The van der Waals surface area contributed by atoms with E-state index in [-0.39, 0.29) is 0 Å². The number of nitrogens with zero attached hydrogens (tertiary/aromatic N) is 3. The maximum atomic E-state index is 4.55. The van der Waals surface area contributed by atoms with Gasteiger partial charge >= 0.3 is 0 Å². The Bertz CT molecular complexity index is 405. The van der Waals surface area contributed by atoms with Gasteiger partial charge in [0.2, 0.25) is 0 Å². The molecular weight excluding hydrogens is 248 g/mol. The Morgan fingerprint density at radius 2 is 2.10 bits per heavy atom. The minimum atomic E-state index is 0.495. The predicted molar refractivity (Wildman–Crippen MR) is 83.9 cm³/mol. The number of hydrogen-bond acceptors (Lipinski definition) is 3. The van der Waals surface area contributed by atoms with E-state index in [0.717, 1.165) is 25.7 Å². The van der Waals surface area contributed by atoms with Gasteiger partial charge < -0.3 is 10.2 Å². The van der Waals surface area contributed by atoms with Crippen molar-refractivity contribution in [2.75, 3.05) is 20.1 Å². The number of likely N-dealkylation sites (N-methyl/N-ethyl adjacent to an activating group) is 1. The summed E-state index contributed by atoms with van der Waals surface area (Å²) in [5.41, 5.74) is 2.56. The van der Waals surface area contributed by atoms with Crippen molar-refractivity contribution in [2.24, 2.45) is 7.05 Å². The van der Waals surface area contributed by atoms with Gasteiger partial charge in [0.05, 0.1) is 5.69 Å². The van der Waals surface area contributed by atoms with E-state index in [2.05, 4.69) is 42.4 Å². The van der Waals surface area contributed by atoms with Crippen molar-refractivity contribution in [2.45, 2.75) is 58.0 Å². The first-order chi connectivity index (χ1) is 9.58. The number of nitrogens with one attached hydrogen (secondary N) is 1. The SMILES string of the molecule is CC(C)c1nn(C)cc1CNCCN(C)C1CCCC1. The molecule has 0 spiro atoms. The number of hydrogen-bond donors (Lipinski definition) is 1. The van der Waals surface area contributed by atoms with Gasteiger partial charge in [0.25, 0.3) is 0 Å². The lowest BCUT2D eigenvalue weighted by molar-refractivity contribution is 0.245. The summed E-state index contributed by atoms with van der Waals surface area (Å²) in [7, 11) is 4.27. The van der Waals surface area contributed by atoms with Gasteiger partial charge in [-0.2, -0.15) is 5.10 Å². The molecule has 0 unspecified atom stereocenters. The molecule has 0 bridgehead atoms. The highest BCUT2D eigenvalue weighted by Gasteiger charge is 2.18. The van der Waals surface area contributed by atoms with E-state index in [4.69, 9.17) is 0 Å². The Labute approximate surface area is 123 Å². The van der Waals surface area contributed by atoms with Crippen LogP contribution >= 0.6 is 0 Å². The lowest BCUT2D eigenvalue weighted by atomic mass is 10.1.